The fourth-order valence-corrected chi connectivity index (χ4v) is 3.54. The maximum absolute atomic E-state index is 12.4. The molecular weight excluding hydrogens is 360 g/mol. The van der Waals surface area contributed by atoms with E-state index < -0.39 is 27.8 Å². The first kappa shape index (κ1) is 19.9. The van der Waals surface area contributed by atoms with Gasteiger partial charge in [0.2, 0.25) is 5.91 Å². The number of carboxylic acid groups (broad SMARTS) is 1. The molecule has 26 heavy (non-hydrogen) atoms. The van der Waals surface area contributed by atoms with E-state index in [0.717, 1.165) is 5.56 Å². The van der Waals surface area contributed by atoms with Crippen molar-refractivity contribution >= 4 is 33.3 Å². The molecule has 8 nitrogen and oxygen atoms in total. The number of anilines is 1. The number of carbonyl (C=O) groups excluding carboxylic acids is 2. The summed E-state index contributed by atoms with van der Waals surface area (Å²) in [6.07, 6.45) is 1.50. The number of nitrogens with one attached hydrogen (secondary N) is 2. The number of aryl methyl sites for hydroxylation is 1. The van der Waals surface area contributed by atoms with Crippen molar-refractivity contribution < 1.29 is 27.9 Å². The van der Waals surface area contributed by atoms with E-state index in [2.05, 4.69) is 10.6 Å². The molecule has 0 saturated carbocycles. The molecule has 1 unspecified atom stereocenters. The highest BCUT2D eigenvalue weighted by Gasteiger charge is 2.23. The van der Waals surface area contributed by atoms with Crippen LogP contribution < -0.4 is 10.6 Å². The summed E-state index contributed by atoms with van der Waals surface area (Å²) in [6.45, 7) is 1.48. The number of rotatable bonds is 7. The van der Waals surface area contributed by atoms with E-state index in [1.165, 1.54) is 13.0 Å². The first-order valence-electron chi connectivity index (χ1n) is 8.38. The zero-order valence-corrected chi connectivity index (χ0v) is 15.3. The lowest BCUT2D eigenvalue weighted by Gasteiger charge is -2.15. The average Bonchev–Trinajstić information content (AvgIpc) is 2.77. The van der Waals surface area contributed by atoms with E-state index in [1.807, 2.05) is 0 Å². The van der Waals surface area contributed by atoms with Crippen LogP contribution in [-0.4, -0.2) is 48.9 Å². The summed E-state index contributed by atoms with van der Waals surface area (Å²) in [4.78, 5) is 35.3. The van der Waals surface area contributed by atoms with Crippen LogP contribution in [0.3, 0.4) is 0 Å². The summed E-state index contributed by atoms with van der Waals surface area (Å²) in [5.41, 5.74) is 1.72. The largest absolute Gasteiger partial charge is 0.480 e. The molecule has 0 fully saturated rings. The van der Waals surface area contributed by atoms with Crippen molar-refractivity contribution in [2.45, 2.75) is 38.6 Å². The van der Waals surface area contributed by atoms with Gasteiger partial charge in [0, 0.05) is 23.4 Å². The van der Waals surface area contributed by atoms with E-state index in [0.29, 0.717) is 24.9 Å². The lowest BCUT2D eigenvalue weighted by molar-refractivity contribution is -0.139. The Balaban J connectivity index is 2.11. The molecule has 3 N–H and O–H groups in total. The van der Waals surface area contributed by atoms with Crippen molar-refractivity contribution in [3.63, 3.8) is 0 Å². The van der Waals surface area contributed by atoms with Crippen molar-refractivity contribution in [2.24, 2.45) is 0 Å². The van der Waals surface area contributed by atoms with Gasteiger partial charge in [-0.05, 0) is 43.0 Å². The standard InChI is InChI=1S/C17H22N2O6S/c1-2-26(24,25)9-8-14(17(22)23)19-16(21)12-6-7-13-11(10-12)4-3-5-15(20)18-13/h6-7,10,14H,2-5,8-9H2,1H3,(H,18,20)(H,19,21)(H,22,23). The fraction of sp³-hybridized carbons (Fsp3) is 0.471. The third-order valence-electron chi connectivity index (χ3n) is 4.25. The van der Waals surface area contributed by atoms with Crippen LogP contribution in [0.5, 0.6) is 0 Å². The molecule has 1 atom stereocenters. The minimum atomic E-state index is -3.32. The normalized spacial score (nSPS) is 15.3. The lowest BCUT2D eigenvalue weighted by Crippen LogP contribution is -2.42. The SMILES string of the molecule is CCS(=O)(=O)CCC(NC(=O)c1ccc2c(c1)CCCC(=O)N2)C(=O)O. The number of fused-ring (bicyclic) bond motifs is 1. The van der Waals surface area contributed by atoms with E-state index in [9.17, 15) is 27.9 Å². The van der Waals surface area contributed by atoms with Gasteiger partial charge in [-0.15, -0.1) is 0 Å². The molecule has 142 valence electrons. The summed E-state index contributed by atoms with van der Waals surface area (Å²) < 4.78 is 23.1. The van der Waals surface area contributed by atoms with E-state index in [1.54, 1.807) is 12.1 Å². The number of hydrogen-bond acceptors (Lipinski definition) is 5. The van der Waals surface area contributed by atoms with Gasteiger partial charge in [0.15, 0.2) is 0 Å². The van der Waals surface area contributed by atoms with Crippen LogP contribution >= 0.6 is 0 Å². The second kappa shape index (κ2) is 8.31. The van der Waals surface area contributed by atoms with Gasteiger partial charge >= 0.3 is 5.97 Å². The Hall–Kier alpha value is -2.42. The van der Waals surface area contributed by atoms with Crippen LogP contribution in [0.2, 0.25) is 0 Å². The molecular formula is C17H22N2O6S. The van der Waals surface area contributed by atoms with Gasteiger partial charge in [-0.3, -0.25) is 9.59 Å². The quantitative estimate of drug-likeness (QED) is 0.644. The van der Waals surface area contributed by atoms with Crippen LogP contribution in [0.15, 0.2) is 18.2 Å². The number of carboxylic acids is 1. The summed E-state index contributed by atoms with van der Waals surface area (Å²) in [5, 5.41) is 14.4. The maximum atomic E-state index is 12.4. The number of sulfone groups is 1. The molecule has 9 heteroatoms. The third kappa shape index (κ3) is 5.29. The molecule has 0 aromatic heterocycles. The highest BCUT2D eigenvalue weighted by Crippen LogP contribution is 2.23. The van der Waals surface area contributed by atoms with Crippen molar-refractivity contribution in [3.8, 4) is 0 Å². The van der Waals surface area contributed by atoms with Crippen LogP contribution in [0.4, 0.5) is 5.69 Å². The molecule has 2 rings (SSSR count). The average molecular weight is 382 g/mol. The maximum Gasteiger partial charge on any atom is 0.326 e. The van der Waals surface area contributed by atoms with Crippen LogP contribution in [-0.2, 0) is 25.8 Å². The van der Waals surface area contributed by atoms with Gasteiger partial charge in [0.1, 0.15) is 15.9 Å². The molecule has 0 saturated heterocycles. The zero-order valence-electron chi connectivity index (χ0n) is 14.4. The lowest BCUT2D eigenvalue weighted by atomic mass is 10.0. The highest BCUT2D eigenvalue weighted by molar-refractivity contribution is 7.91. The zero-order chi connectivity index (χ0) is 19.3. The Bertz CT molecular complexity index is 819. The predicted molar refractivity (Wildman–Crippen MR) is 95.8 cm³/mol. The number of hydrogen-bond donors (Lipinski definition) is 3. The van der Waals surface area contributed by atoms with E-state index >= 15 is 0 Å². The van der Waals surface area contributed by atoms with Gasteiger partial charge in [0.25, 0.3) is 5.91 Å². The fourth-order valence-electron chi connectivity index (χ4n) is 2.66. The van der Waals surface area contributed by atoms with Crippen molar-refractivity contribution in [1.82, 2.24) is 5.32 Å². The molecule has 2 amide bonds. The van der Waals surface area contributed by atoms with Crippen LogP contribution in [0.1, 0.15) is 42.1 Å². The second-order valence-electron chi connectivity index (χ2n) is 6.16. The van der Waals surface area contributed by atoms with Gasteiger partial charge in [0.05, 0.1) is 5.75 Å². The van der Waals surface area contributed by atoms with Gasteiger partial charge in [-0.1, -0.05) is 6.92 Å². The van der Waals surface area contributed by atoms with E-state index in [-0.39, 0.29) is 29.4 Å². The van der Waals surface area contributed by atoms with Gasteiger partial charge in [-0.25, -0.2) is 13.2 Å². The summed E-state index contributed by atoms with van der Waals surface area (Å²) in [5.74, 6) is -2.35. The minimum absolute atomic E-state index is 0.0795. The predicted octanol–water partition coefficient (Wildman–Crippen LogP) is 0.969. The van der Waals surface area contributed by atoms with Crippen LogP contribution in [0.25, 0.3) is 0 Å². The Morgan fingerprint density at radius 1 is 1.31 bits per heavy atom. The third-order valence-corrected chi connectivity index (χ3v) is 5.99. The Labute approximate surface area is 151 Å². The van der Waals surface area contributed by atoms with Crippen molar-refractivity contribution in [2.75, 3.05) is 16.8 Å². The van der Waals surface area contributed by atoms with Crippen molar-refractivity contribution in [3.05, 3.63) is 29.3 Å². The Kier molecular flexibility index (Phi) is 6.36. The molecule has 1 aliphatic heterocycles. The number of amides is 2. The molecule has 1 aromatic rings. The topological polar surface area (TPSA) is 130 Å². The van der Waals surface area contributed by atoms with E-state index in [4.69, 9.17) is 0 Å². The second-order valence-corrected chi connectivity index (χ2v) is 8.64. The monoisotopic (exact) mass is 382 g/mol. The van der Waals surface area contributed by atoms with Gasteiger partial charge in [-0.2, -0.15) is 0 Å². The number of benzene rings is 1. The minimum Gasteiger partial charge on any atom is -0.480 e. The first-order chi connectivity index (χ1) is 12.2. The molecule has 0 bridgehead atoms. The molecule has 0 aliphatic carbocycles. The Morgan fingerprint density at radius 2 is 2.04 bits per heavy atom. The summed E-state index contributed by atoms with van der Waals surface area (Å²) in [6, 6.07) is 3.45. The highest BCUT2D eigenvalue weighted by atomic mass is 32.2. The first-order valence-corrected chi connectivity index (χ1v) is 10.2. The molecule has 1 heterocycles. The molecule has 0 radical (unpaired) electrons. The number of carbonyl (C=O) groups is 3. The smallest absolute Gasteiger partial charge is 0.326 e. The summed E-state index contributed by atoms with van der Waals surface area (Å²) in [7, 11) is -3.32. The molecule has 1 aliphatic rings. The number of aliphatic carboxylic acids is 1. The van der Waals surface area contributed by atoms with Crippen LogP contribution in [0, 0.1) is 0 Å². The Morgan fingerprint density at radius 3 is 2.69 bits per heavy atom. The summed E-state index contributed by atoms with van der Waals surface area (Å²) >= 11 is 0. The molecule has 1 aromatic carbocycles. The molecule has 0 spiro atoms. The van der Waals surface area contributed by atoms with Crippen molar-refractivity contribution in [1.29, 1.82) is 0 Å². The van der Waals surface area contributed by atoms with Gasteiger partial charge < -0.3 is 15.7 Å².